The lowest BCUT2D eigenvalue weighted by Gasteiger charge is -2.41. The molecule has 6 fully saturated rings. The van der Waals surface area contributed by atoms with E-state index in [4.69, 9.17) is 0 Å². The lowest BCUT2D eigenvalue weighted by Crippen LogP contribution is -2.53. The molecule has 10 nitrogen and oxygen atoms in total. The minimum Gasteiger partial charge on any atom is -0.354 e. The van der Waals surface area contributed by atoms with Crippen molar-refractivity contribution in [2.75, 3.05) is 52.9 Å². The van der Waals surface area contributed by atoms with Crippen molar-refractivity contribution in [2.24, 2.45) is 11.8 Å². The van der Waals surface area contributed by atoms with Gasteiger partial charge in [0.15, 0.2) is 0 Å². The van der Waals surface area contributed by atoms with Crippen molar-refractivity contribution in [1.29, 1.82) is 0 Å². The summed E-state index contributed by atoms with van der Waals surface area (Å²) in [6, 6.07) is 4.29. The van der Waals surface area contributed by atoms with Crippen LogP contribution >= 0.6 is 0 Å². The molecule has 11 heteroatoms. The van der Waals surface area contributed by atoms with Gasteiger partial charge in [-0.25, -0.2) is 4.39 Å². The molecular weight excluding hydrogens is 551 g/mol. The number of carbonyl (C=O) groups excluding carboxylic acids is 4. The van der Waals surface area contributed by atoms with Gasteiger partial charge in [-0.1, -0.05) is 0 Å². The van der Waals surface area contributed by atoms with E-state index in [9.17, 15) is 23.6 Å². The summed E-state index contributed by atoms with van der Waals surface area (Å²) in [5.74, 6) is -0.282. The first-order valence-electron chi connectivity index (χ1n) is 16.1. The van der Waals surface area contributed by atoms with Gasteiger partial charge in [0.05, 0.1) is 6.04 Å². The molecule has 1 aromatic rings. The van der Waals surface area contributed by atoms with Crippen LogP contribution in [0.15, 0.2) is 24.3 Å². The topological polar surface area (TPSA) is 105 Å². The molecule has 43 heavy (non-hydrogen) atoms. The highest BCUT2D eigenvalue weighted by atomic mass is 19.1. The Balaban J connectivity index is 1.24. The number of hydrogen-bond acceptors (Lipinski definition) is 6. The van der Waals surface area contributed by atoms with Gasteiger partial charge in [-0.15, -0.1) is 0 Å². The van der Waals surface area contributed by atoms with Crippen molar-refractivity contribution >= 4 is 23.6 Å². The van der Waals surface area contributed by atoms with Crippen LogP contribution in [0.1, 0.15) is 61.7 Å². The molecule has 6 heterocycles. The van der Waals surface area contributed by atoms with Crippen molar-refractivity contribution in [3.8, 4) is 0 Å². The van der Waals surface area contributed by atoms with E-state index in [2.05, 4.69) is 27.5 Å². The second-order valence-corrected chi connectivity index (χ2v) is 13.3. The summed E-state index contributed by atoms with van der Waals surface area (Å²) >= 11 is 0. The van der Waals surface area contributed by atoms with Crippen LogP contribution in [0.25, 0.3) is 0 Å². The van der Waals surface area contributed by atoms with Gasteiger partial charge < -0.3 is 25.3 Å². The molecule has 2 N–H and O–H groups in total. The van der Waals surface area contributed by atoms with Crippen LogP contribution in [0.3, 0.4) is 0 Å². The Morgan fingerprint density at radius 3 is 2.40 bits per heavy atom. The van der Waals surface area contributed by atoms with Gasteiger partial charge in [0.2, 0.25) is 17.7 Å². The number of amides is 4. The molecular formula is C32H45FN6O4. The summed E-state index contributed by atoms with van der Waals surface area (Å²) in [6.07, 6.45) is 6.05. The van der Waals surface area contributed by atoms with Crippen molar-refractivity contribution in [3.63, 3.8) is 0 Å². The summed E-state index contributed by atoms with van der Waals surface area (Å²) < 4.78 is 13.6. The quantitative estimate of drug-likeness (QED) is 0.509. The lowest BCUT2D eigenvalue weighted by molar-refractivity contribution is -0.136. The molecule has 0 aromatic heterocycles. The van der Waals surface area contributed by atoms with Gasteiger partial charge in [0.25, 0.3) is 5.91 Å². The van der Waals surface area contributed by atoms with Gasteiger partial charge in [0.1, 0.15) is 11.9 Å². The number of nitrogens with zero attached hydrogens (tertiary/aromatic N) is 4. The first-order chi connectivity index (χ1) is 20.8. The number of halogens is 1. The average molecular weight is 597 g/mol. The fourth-order valence-corrected chi connectivity index (χ4v) is 8.13. The molecule has 4 amide bonds. The molecule has 5 atom stereocenters. The Morgan fingerprint density at radius 1 is 0.860 bits per heavy atom. The fraction of sp³-hybridized carbons (Fsp3) is 0.688. The van der Waals surface area contributed by atoms with Crippen LogP contribution < -0.4 is 10.6 Å². The summed E-state index contributed by atoms with van der Waals surface area (Å²) in [6.45, 7) is 4.85. The van der Waals surface area contributed by atoms with Crippen LogP contribution in [0.2, 0.25) is 0 Å². The van der Waals surface area contributed by atoms with E-state index in [0.29, 0.717) is 30.9 Å². The standard InChI is InChI=1S/C32H45FN6O4/c1-36-14-9-22-17-29(40)37-15-10-26(11-16-37)38-13-2-3-27(38)31(42)35-25-18-28(30(41)34-12-8-23(22)19-36)39(20-25)32(43)21-4-6-24(33)7-5-21/h4-7,22-23,25-28H,2-3,8-20H2,1H3,(H,34,41)(H,35,42)/t22-,23-,25-,27-,28-/m0/s1. The molecule has 6 aliphatic heterocycles. The van der Waals surface area contributed by atoms with Crippen molar-refractivity contribution in [1.82, 2.24) is 30.2 Å². The van der Waals surface area contributed by atoms with Crippen LogP contribution in [-0.4, -0.2) is 120 Å². The Labute approximate surface area is 253 Å². The number of fused-ring (bicyclic) bond motifs is 7. The summed E-state index contributed by atoms with van der Waals surface area (Å²) in [5.41, 5.74) is 0.312. The SMILES string of the molecule is CN1CC[C@H]2CC(=O)N3CCC(CC3)N3CCC[C@H]3C(=O)N[C@H]3C[C@@H](C(=O)NCC[C@H]2C1)N(C(=O)c1ccc(F)cc1)C3. The number of hydrogen-bond donors (Lipinski definition) is 2. The van der Waals surface area contributed by atoms with Crippen LogP contribution in [0.5, 0.6) is 0 Å². The first kappa shape index (κ1) is 30.0. The normalized spacial score (nSPS) is 33.2. The molecule has 0 radical (unpaired) electrons. The molecule has 0 aliphatic carbocycles. The lowest BCUT2D eigenvalue weighted by atomic mass is 9.81. The van der Waals surface area contributed by atoms with Crippen LogP contribution in [0.4, 0.5) is 4.39 Å². The van der Waals surface area contributed by atoms with E-state index in [1.165, 1.54) is 29.2 Å². The van der Waals surface area contributed by atoms with Gasteiger partial charge in [-0.2, -0.15) is 0 Å². The molecule has 0 unspecified atom stereocenters. The molecule has 7 rings (SSSR count). The Kier molecular flexibility index (Phi) is 9.00. The van der Waals surface area contributed by atoms with Crippen molar-refractivity contribution in [3.05, 3.63) is 35.6 Å². The predicted octanol–water partition coefficient (Wildman–Crippen LogP) is 1.46. The number of likely N-dealkylation sites (tertiary alicyclic amines) is 2. The largest absolute Gasteiger partial charge is 0.354 e. The second-order valence-electron chi connectivity index (χ2n) is 13.3. The highest BCUT2D eigenvalue weighted by molar-refractivity contribution is 5.98. The van der Waals surface area contributed by atoms with Crippen molar-refractivity contribution < 1.29 is 23.6 Å². The van der Waals surface area contributed by atoms with E-state index in [-0.39, 0.29) is 54.2 Å². The zero-order valence-electron chi connectivity index (χ0n) is 25.2. The van der Waals surface area contributed by atoms with Gasteiger partial charge in [-0.05, 0) is 101 Å². The number of rotatable bonds is 1. The predicted molar refractivity (Wildman–Crippen MR) is 158 cm³/mol. The first-order valence-corrected chi connectivity index (χ1v) is 16.1. The molecule has 0 saturated carbocycles. The average Bonchev–Trinajstić information content (AvgIpc) is 3.66. The Bertz CT molecular complexity index is 1200. The number of nitrogens with one attached hydrogen (secondary N) is 2. The smallest absolute Gasteiger partial charge is 0.254 e. The maximum absolute atomic E-state index is 13.6. The second kappa shape index (κ2) is 12.9. The summed E-state index contributed by atoms with van der Waals surface area (Å²) in [7, 11) is 2.10. The van der Waals surface area contributed by atoms with Crippen molar-refractivity contribution in [2.45, 2.75) is 75.5 Å². The number of benzene rings is 1. The maximum atomic E-state index is 13.6. The minimum absolute atomic E-state index is 0.0534. The maximum Gasteiger partial charge on any atom is 0.254 e. The highest BCUT2D eigenvalue weighted by Gasteiger charge is 2.43. The third-order valence-electron chi connectivity index (χ3n) is 10.5. The molecule has 234 valence electrons. The molecule has 1 aromatic carbocycles. The van der Waals surface area contributed by atoms with Gasteiger partial charge >= 0.3 is 0 Å². The minimum atomic E-state index is -0.737. The number of piperidine rings is 2. The van der Waals surface area contributed by atoms with E-state index in [1.807, 2.05) is 4.90 Å². The molecule has 6 saturated heterocycles. The highest BCUT2D eigenvalue weighted by Crippen LogP contribution is 2.31. The molecule has 4 bridgehead atoms. The Hall–Kier alpha value is -3.05. The monoisotopic (exact) mass is 596 g/mol. The third kappa shape index (κ3) is 6.57. The summed E-state index contributed by atoms with van der Waals surface area (Å²) in [4.78, 5) is 62.3. The van der Waals surface area contributed by atoms with Crippen LogP contribution in [0, 0.1) is 17.7 Å². The van der Waals surface area contributed by atoms with E-state index in [1.54, 1.807) is 0 Å². The van der Waals surface area contributed by atoms with Gasteiger partial charge in [-0.3, -0.25) is 24.1 Å². The number of carbonyl (C=O) groups is 4. The fourth-order valence-electron chi connectivity index (χ4n) is 8.13. The summed E-state index contributed by atoms with van der Waals surface area (Å²) in [5, 5.41) is 6.26. The van der Waals surface area contributed by atoms with Gasteiger partial charge in [0, 0.05) is 56.8 Å². The third-order valence-corrected chi connectivity index (χ3v) is 10.5. The zero-order chi connectivity index (χ0) is 30.1. The van der Waals surface area contributed by atoms with E-state index < -0.39 is 11.9 Å². The van der Waals surface area contributed by atoms with E-state index in [0.717, 1.165) is 71.2 Å². The zero-order valence-corrected chi connectivity index (χ0v) is 25.2. The molecule has 6 aliphatic rings. The van der Waals surface area contributed by atoms with E-state index >= 15 is 0 Å². The molecule has 0 spiro atoms. The Morgan fingerprint density at radius 2 is 1.63 bits per heavy atom. The van der Waals surface area contributed by atoms with Crippen LogP contribution in [-0.2, 0) is 14.4 Å².